The highest BCUT2D eigenvalue weighted by molar-refractivity contribution is 5.70. The fourth-order valence-electron chi connectivity index (χ4n) is 6.22. The Kier molecular flexibility index (Phi) is 44.5. The Labute approximate surface area is 347 Å². The summed E-state index contributed by atoms with van der Waals surface area (Å²) in [5.74, 6) is -0.446. The van der Waals surface area contributed by atoms with E-state index >= 15 is 0 Å². The summed E-state index contributed by atoms with van der Waals surface area (Å²) in [6, 6.07) is 0. The van der Waals surface area contributed by atoms with Crippen LogP contribution in [-0.4, -0.2) is 37.9 Å². The molecule has 56 heavy (non-hydrogen) atoms. The van der Waals surface area contributed by atoms with Gasteiger partial charge in [-0.25, -0.2) is 0 Å². The maximum atomic E-state index is 12.7. The SMILES string of the molecule is CC/C=C\C/C=C\C/C=C\C/C=C\C/C=C\CCCCCC(=O)OCC(COCCCCCCCCCCCC)OC(=O)CCCCCCC/C=C\CCCC. The summed E-state index contributed by atoms with van der Waals surface area (Å²) >= 11 is 0. The fourth-order valence-corrected chi connectivity index (χ4v) is 6.22. The van der Waals surface area contributed by atoms with Gasteiger partial charge < -0.3 is 14.2 Å². The Bertz CT molecular complexity index is 1020. The van der Waals surface area contributed by atoms with Crippen molar-refractivity contribution in [1.29, 1.82) is 0 Å². The maximum Gasteiger partial charge on any atom is 0.306 e. The van der Waals surface area contributed by atoms with Gasteiger partial charge in [-0.1, -0.05) is 190 Å². The van der Waals surface area contributed by atoms with Gasteiger partial charge in [-0.2, -0.15) is 0 Å². The maximum absolute atomic E-state index is 12.7. The van der Waals surface area contributed by atoms with Crippen LogP contribution in [0.5, 0.6) is 0 Å². The van der Waals surface area contributed by atoms with Crippen LogP contribution < -0.4 is 0 Å². The molecule has 0 aromatic heterocycles. The molecule has 1 unspecified atom stereocenters. The third kappa shape index (κ3) is 44.1. The minimum atomic E-state index is -0.551. The van der Waals surface area contributed by atoms with Crippen LogP contribution in [0.15, 0.2) is 72.9 Å². The zero-order valence-corrected chi connectivity index (χ0v) is 36.9. The number of esters is 2. The molecule has 0 aliphatic carbocycles. The molecule has 0 aliphatic heterocycles. The second-order valence-electron chi connectivity index (χ2n) is 15.3. The highest BCUT2D eigenvalue weighted by Crippen LogP contribution is 2.13. The molecule has 0 aromatic rings. The molecule has 0 saturated heterocycles. The molecule has 0 saturated carbocycles. The van der Waals surface area contributed by atoms with Gasteiger partial charge in [0.1, 0.15) is 6.61 Å². The minimum absolute atomic E-state index is 0.0639. The Morgan fingerprint density at radius 2 is 0.821 bits per heavy atom. The quantitative estimate of drug-likeness (QED) is 0.0351. The Morgan fingerprint density at radius 3 is 1.38 bits per heavy atom. The van der Waals surface area contributed by atoms with Gasteiger partial charge >= 0.3 is 11.9 Å². The molecule has 0 heterocycles. The van der Waals surface area contributed by atoms with Gasteiger partial charge in [-0.3, -0.25) is 9.59 Å². The average Bonchev–Trinajstić information content (AvgIpc) is 3.20. The van der Waals surface area contributed by atoms with Gasteiger partial charge in [0.05, 0.1) is 6.61 Å². The minimum Gasteiger partial charge on any atom is -0.462 e. The van der Waals surface area contributed by atoms with Gasteiger partial charge in [-0.15, -0.1) is 0 Å². The molecule has 1 atom stereocenters. The first-order valence-corrected chi connectivity index (χ1v) is 23.5. The Balaban J connectivity index is 4.28. The van der Waals surface area contributed by atoms with Crippen molar-refractivity contribution < 1.29 is 23.8 Å². The summed E-state index contributed by atoms with van der Waals surface area (Å²) < 4.78 is 17.3. The lowest BCUT2D eigenvalue weighted by atomic mass is 10.1. The van der Waals surface area contributed by atoms with Gasteiger partial charge in [0.15, 0.2) is 6.10 Å². The van der Waals surface area contributed by atoms with Crippen LogP contribution in [0.3, 0.4) is 0 Å². The number of unbranched alkanes of at least 4 members (excludes halogenated alkanes) is 19. The van der Waals surface area contributed by atoms with Crippen molar-refractivity contribution in [2.45, 2.75) is 219 Å². The van der Waals surface area contributed by atoms with Gasteiger partial charge in [-0.05, 0) is 83.5 Å². The third-order valence-corrected chi connectivity index (χ3v) is 9.73. The number of hydrogen-bond donors (Lipinski definition) is 0. The van der Waals surface area contributed by atoms with E-state index in [1.807, 2.05) is 0 Å². The molecule has 322 valence electrons. The number of carbonyl (C=O) groups is 2. The van der Waals surface area contributed by atoms with E-state index in [2.05, 4.69) is 93.7 Å². The molecular formula is C51H88O5. The molecule has 0 spiro atoms. The van der Waals surface area contributed by atoms with Crippen molar-refractivity contribution in [2.75, 3.05) is 19.8 Å². The monoisotopic (exact) mass is 781 g/mol. The summed E-state index contributed by atoms with van der Waals surface area (Å²) in [6.45, 7) is 7.63. The summed E-state index contributed by atoms with van der Waals surface area (Å²) in [6.07, 6.45) is 59.0. The second-order valence-corrected chi connectivity index (χ2v) is 15.3. The van der Waals surface area contributed by atoms with Crippen LogP contribution in [0.4, 0.5) is 0 Å². The van der Waals surface area contributed by atoms with Crippen LogP contribution in [0, 0.1) is 0 Å². The lowest BCUT2D eigenvalue weighted by molar-refractivity contribution is -0.163. The van der Waals surface area contributed by atoms with E-state index in [0.29, 0.717) is 19.4 Å². The number of carbonyl (C=O) groups excluding carboxylic acids is 2. The van der Waals surface area contributed by atoms with Gasteiger partial charge in [0.25, 0.3) is 0 Å². The lowest BCUT2D eigenvalue weighted by Crippen LogP contribution is -2.30. The molecule has 0 fully saturated rings. The van der Waals surface area contributed by atoms with Gasteiger partial charge in [0.2, 0.25) is 0 Å². The molecule has 0 aliphatic rings. The first kappa shape index (κ1) is 53.3. The fraction of sp³-hybridized carbons (Fsp3) is 0.725. The highest BCUT2D eigenvalue weighted by atomic mass is 16.6. The van der Waals surface area contributed by atoms with E-state index in [9.17, 15) is 9.59 Å². The number of hydrogen-bond acceptors (Lipinski definition) is 5. The number of rotatable bonds is 42. The van der Waals surface area contributed by atoms with Crippen molar-refractivity contribution in [3.63, 3.8) is 0 Å². The largest absolute Gasteiger partial charge is 0.462 e. The molecule has 0 rings (SSSR count). The predicted octanol–water partition coefficient (Wildman–Crippen LogP) is 15.6. The van der Waals surface area contributed by atoms with E-state index in [0.717, 1.165) is 96.3 Å². The zero-order chi connectivity index (χ0) is 40.7. The lowest BCUT2D eigenvalue weighted by Gasteiger charge is -2.18. The summed E-state index contributed by atoms with van der Waals surface area (Å²) in [5.41, 5.74) is 0. The zero-order valence-electron chi connectivity index (χ0n) is 36.9. The summed E-state index contributed by atoms with van der Waals surface area (Å²) in [4.78, 5) is 25.2. The molecule has 5 heteroatoms. The average molecular weight is 781 g/mol. The Morgan fingerprint density at radius 1 is 0.411 bits per heavy atom. The van der Waals surface area contributed by atoms with Crippen LogP contribution in [0.25, 0.3) is 0 Å². The van der Waals surface area contributed by atoms with Crippen LogP contribution in [0.2, 0.25) is 0 Å². The first-order chi connectivity index (χ1) is 27.6. The normalized spacial score (nSPS) is 12.8. The summed E-state index contributed by atoms with van der Waals surface area (Å²) in [5, 5.41) is 0. The van der Waals surface area contributed by atoms with Crippen molar-refractivity contribution >= 4 is 11.9 Å². The first-order valence-electron chi connectivity index (χ1n) is 23.5. The van der Waals surface area contributed by atoms with E-state index < -0.39 is 6.10 Å². The topological polar surface area (TPSA) is 61.8 Å². The Hall–Kier alpha value is -2.66. The smallest absolute Gasteiger partial charge is 0.306 e. The van der Waals surface area contributed by atoms with Crippen molar-refractivity contribution in [3.05, 3.63) is 72.9 Å². The van der Waals surface area contributed by atoms with Crippen LogP contribution in [0.1, 0.15) is 213 Å². The molecule has 5 nitrogen and oxygen atoms in total. The van der Waals surface area contributed by atoms with Crippen molar-refractivity contribution in [1.82, 2.24) is 0 Å². The van der Waals surface area contributed by atoms with Crippen LogP contribution >= 0.6 is 0 Å². The highest BCUT2D eigenvalue weighted by Gasteiger charge is 2.17. The standard InChI is InChI=1S/C51H88O5/c1-4-7-10-13-16-19-22-23-24-25-26-27-28-29-31-32-35-38-41-44-50(52)55-48-49(47-54-46-43-40-37-34-21-18-15-12-9-6-3)56-51(53)45-42-39-36-33-30-20-17-14-11-8-5-2/h7,10,14,16-17,19,23-24,26-27,29,31,49H,4-6,8-9,11-13,15,18,20-22,25,28,30,32-48H2,1-3H3/b10-7-,17-14-,19-16-,24-23-,27-26-,31-29-. The number of ether oxygens (including phenoxy) is 3. The van der Waals surface area contributed by atoms with E-state index in [-0.39, 0.29) is 25.2 Å². The molecule has 0 radical (unpaired) electrons. The summed E-state index contributed by atoms with van der Waals surface area (Å²) in [7, 11) is 0. The van der Waals surface area contributed by atoms with E-state index in [1.165, 1.54) is 83.5 Å². The molecule has 0 N–H and O–H groups in total. The molecule has 0 amide bonds. The molecular weight excluding hydrogens is 693 g/mol. The van der Waals surface area contributed by atoms with Gasteiger partial charge in [0, 0.05) is 19.4 Å². The molecule has 0 aromatic carbocycles. The van der Waals surface area contributed by atoms with Crippen molar-refractivity contribution in [2.24, 2.45) is 0 Å². The third-order valence-electron chi connectivity index (χ3n) is 9.73. The second kappa shape index (κ2) is 46.7. The van der Waals surface area contributed by atoms with Crippen LogP contribution in [-0.2, 0) is 23.8 Å². The number of allylic oxidation sites excluding steroid dienone is 12. The predicted molar refractivity (Wildman–Crippen MR) is 242 cm³/mol. The van der Waals surface area contributed by atoms with Crippen molar-refractivity contribution in [3.8, 4) is 0 Å². The van der Waals surface area contributed by atoms with E-state index in [1.54, 1.807) is 0 Å². The van der Waals surface area contributed by atoms with E-state index in [4.69, 9.17) is 14.2 Å². The molecule has 0 bridgehead atoms.